The highest BCUT2D eigenvalue weighted by Crippen LogP contribution is 2.33. The number of aromatic nitrogens is 4. The number of benzene rings is 2. The number of nitrogen functional groups attached to an aromatic ring is 1. The van der Waals surface area contributed by atoms with Crippen LogP contribution < -0.4 is 15.8 Å². The van der Waals surface area contributed by atoms with Gasteiger partial charge in [-0.05, 0) is 49.4 Å². The maximum Gasteiger partial charge on any atom is 0.416 e. The predicted molar refractivity (Wildman–Crippen MR) is 111 cm³/mol. The highest BCUT2D eigenvalue weighted by Gasteiger charge is 2.30. The maximum atomic E-state index is 12.9. The molecule has 0 saturated heterocycles. The number of nitrogens with two attached hydrogens (primary N) is 1. The second kappa shape index (κ2) is 8.19. The van der Waals surface area contributed by atoms with E-state index in [2.05, 4.69) is 25.5 Å². The van der Waals surface area contributed by atoms with E-state index in [9.17, 15) is 13.2 Å². The summed E-state index contributed by atoms with van der Waals surface area (Å²) in [6.07, 6.45) is -4.41. The SMILES string of the molecule is Cc1nc(N)cc(Oc2ccc(-c3nnc(Nc4cccc(C(F)(F)F)c4)s3)cc2)n1. The molecule has 0 saturated carbocycles. The van der Waals surface area contributed by atoms with Crippen LogP contribution in [0, 0.1) is 6.92 Å². The van der Waals surface area contributed by atoms with Crippen molar-refractivity contribution in [2.45, 2.75) is 13.1 Å². The fourth-order valence-corrected chi connectivity index (χ4v) is 3.46. The highest BCUT2D eigenvalue weighted by molar-refractivity contribution is 7.18. The van der Waals surface area contributed by atoms with Crippen LogP contribution in [0.15, 0.2) is 54.6 Å². The zero-order chi connectivity index (χ0) is 22.0. The second-order valence-electron chi connectivity index (χ2n) is 6.42. The minimum atomic E-state index is -4.41. The van der Waals surface area contributed by atoms with Crippen molar-refractivity contribution in [1.82, 2.24) is 20.2 Å². The van der Waals surface area contributed by atoms with Crippen molar-refractivity contribution in [2.24, 2.45) is 0 Å². The Bertz CT molecular complexity index is 1190. The topological polar surface area (TPSA) is 98.8 Å². The number of hydrogen-bond acceptors (Lipinski definition) is 8. The van der Waals surface area contributed by atoms with E-state index in [0.29, 0.717) is 33.4 Å². The fourth-order valence-electron chi connectivity index (χ4n) is 2.69. The predicted octanol–water partition coefficient (Wildman–Crippen LogP) is 5.44. The van der Waals surface area contributed by atoms with E-state index >= 15 is 0 Å². The quantitative estimate of drug-likeness (QED) is 0.423. The van der Waals surface area contributed by atoms with E-state index in [4.69, 9.17) is 10.5 Å². The molecule has 4 aromatic rings. The Balaban J connectivity index is 1.47. The number of rotatable bonds is 5. The van der Waals surface area contributed by atoms with Crippen LogP contribution in [0.1, 0.15) is 11.4 Å². The largest absolute Gasteiger partial charge is 0.439 e. The third-order valence-corrected chi connectivity index (χ3v) is 4.91. The molecule has 0 unspecified atom stereocenters. The van der Waals surface area contributed by atoms with E-state index in [1.165, 1.54) is 29.5 Å². The molecular weight excluding hydrogens is 429 g/mol. The molecular formula is C20H15F3N6OS. The van der Waals surface area contributed by atoms with Gasteiger partial charge in [0.2, 0.25) is 11.0 Å². The van der Waals surface area contributed by atoms with Gasteiger partial charge in [-0.2, -0.15) is 18.2 Å². The van der Waals surface area contributed by atoms with Crippen molar-refractivity contribution >= 4 is 28.0 Å². The Morgan fingerprint density at radius 2 is 1.77 bits per heavy atom. The van der Waals surface area contributed by atoms with Crippen LogP contribution in [0.25, 0.3) is 10.6 Å². The molecule has 0 radical (unpaired) electrons. The summed E-state index contributed by atoms with van der Waals surface area (Å²) >= 11 is 1.22. The summed E-state index contributed by atoms with van der Waals surface area (Å²) in [6, 6.07) is 13.5. The molecule has 2 heterocycles. The molecule has 2 aromatic carbocycles. The van der Waals surface area contributed by atoms with Gasteiger partial charge in [-0.1, -0.05) is 17.4 Å². The summed E-state index contributed by atoms with van der Waals surface area (Å²) in [5, 5.41) is 11.9. The number of ether oxygens (including phenoxy) is 1. The third-order valence-electron chi connectivity index (χ3n) is 4.02. The van der Waals surface area contributed by atoms with E-state index in [0.717, 1.165) is 17.7 Å². The molecule has 7 nitrogen and oxygen atoms in total. The number of alkyl halides is 3. The van der Waals surface area contributed by atoms with Gasteiger partial charge in [0.1, 0.15) is 22.4 Å². The van der Waals surface area contributed by atoms with Gasteiger partial charge in [0.15, 0.2) is 0 Å². The summed E-state index contributed by atoms with van der Waals surface area (Å²) < 4.78 is 44.3. The van der Waals surface area contributed by atoms with Gasteiger partial charge < -0.3 is 15.8 Å². The zero-order valence-electron chi connectivity index (χ0n) is 16.0. The molecule has 31 heavy (non-hydrogen) atoms. The van der Waals surface area contributed by atoms with Crippen LogP contribution in [0.4, 0.5) is 29.8 Å². The van der Waals surface area contributed by atoms with E-state index in [-0.39, 0.29) is 5.69 Å². The normalized spacial score (nSPS) is 11.4. The smallest absolute Gasteiger partial charge is 0.416 e. The van der Waals surface area contributed by atoms with E-state index in [1.54, 1.807) is 31.2 Å². The molecule has 2 aromatic heterocycles. The summed E-state index contributed by atoms with van der Waals surface area (Å²) in [4.78, 5) is 8.15. The number of nitrogens with one attached hydrogen (secondary N) is 1. The van der Waals surface area contributed by atoms with Gasteiger partial charge >= 0.3 is 6.18 Å². The number of hydrogen-bond donors (Lipinski definition) is 2. The van der Waals surface area contributed by atoms with Gasteiger partial charge in [0.25, 0.3) is 0 Å². The lowest BCUT2D eigenvalue weighted by Gasteiger charge is -2.08. The van der Waals surface area contributed by atoms with Crippen molar-refractivity contribution < 1.29 is 17.9 Å². The molecule has 158 valence electrons. The van der Waals surface area contributed by atoms with Gasteiger partial charge in [-0.3, -0.25) is 0 Å². The van der Waals surface area contributed by atoms with E-state index in [1.807, 2.05) is 0 Å². The molecule has 0 atom stereocenters. The van der Waals surface area contributed by atoms with Gasteiger partial charge in [-0.15, -0.1) is 10.2 Å². The van der Waals surface area contributed by atoms with Crippen molar-refractivity contribution in [1.29, 1.82) is 0 Å². The number of anilines is 3. The molecule has 3 N–H and O–H groups in total. The van der Waals surface area contributed by atoms with Gasteiger partial charge in [-0.25, -0.2) is 4.98 Å². The van der Waals surface area contributed by atoms with Crippen molar-refractivity contribution in [3.8, 4) is 22.2 Å². The Hall–Kier alpha value is -3.73. The minimum absolute atomic E-state index is 0.278. The molecule has 0 aliphatic rings. The highest BCUT2D eigenvalue weighted by atomic mass is 32.1. The standard InChI is InChI=1S/C20H15F3N6OS/c1-11-25-16(24)10-17(26-11)30-15-7-5-12(6-8-15)18-28-29-19(31-18)27-14-4-2-3-13(9-14)20(21,22)23/h2-10H,1H3,(H,27,29)(H2,24,25,26). The number of nitrogens with zero attached hydrogens (tertiary/aromatic N) is 4. The molecule has 0 bridgehead atoms. The first-order valence-corrected chi connectivity index (χ1v) is 9.75. The summed E-state index contributed by atoms with van der Waals surface area (Å²) in [5.74, 6) is 1.70. The first-order chi connectivity index (χ1) is 14.8. The summed E-state index contributed by atoms with van der Waals surface area (Å²) in [7, 11) is 0. The van der Waals surface area contributed by atoms with Gasteiger partial charge in [0.05, 0.1) is 5.56 Å². The van der Waals surface area contributed by atoms with Crippen LogP contribution in [0.2, 0.25) is 0 Å². The Morgan fingerprint density at radius 3 is 2.48 bits per heavy atom. The minimum Gasteiger partial charge on any atom is -0.439 e. The van der Waals surface area contributed by atoms with Crippen LogP contribution >= 0.6 is 11.3 Å². The van der Waals surface area contributed by atoms with Crippen LogP contribution in [0.5, 0.6) is 11.6 Å². The van der Waals surface area contributed by atoms with Crippen LogP contribution in [-0.2, 0) is 6.18 Å². The van der Waals surface area contributed by atoms with Crippen LogP contribution in [0.3, 0.4) is 0 Å². The molecule has 0 spiro atoms. The molecule has 0 aliphatic carbocycles. The first kappa shape index (κ1) is 20.5. The molecule has 0 aliphatic heterocycles. The summed E-state index contributed by atoms with van der Waals surface area (Å²) in [5.41, 5.74) is 6.01. The monoisotopic (exact) mass is 444 g/mol. The maximum absolute atomic E-state index is 12.9. The molecule has 0 amide bonds. The average molecular weight is 444 g/mol. The molecule has 11 heteroatoms. The first-order valence-electron chi connectivity index (χ1n) is 8.93. The summed E-state index contributed by atoms with van der Waals surface area (Å²) in [6.45, 7) is 1.72. The van der Waals surface area contributed by atoms with E-state index < -0.39 is 11.7 Å². The lowest BCUT2D eigenvalue weighted by Crippen LogP contribution is -2.05. The Kier molecular flexibility index (Phi) is 5.42. The Labute approximate surface area is 178 Å². The lowest BCUT2D eigenvalue weighted by molar-refractivity contribution is -0.137. The fraction of sp³-hybridized carbons (Fsp3) is 0.100. The number of aryl methyl sites for hydroxylation is 1. The Morgan fingerprint density at radius 1 is 1.00 bits per heavy atom. The zero-order valence-corrected chi connectivity index (χ0v) is 16.8. The van der Waals surface area contributed by atoms with Crippen molar-refractivity contribution in [3.05, 3.63) is 66.0 Å². The van der Waals surface area contributed by atoms with Crippen LogP contribution in [-0.4, -0.2) is 20.2 Å². The van der Waals surface area contributed by atoms with Crippen molar-refractivity contribution in [2.75, 3.05) is 11.1 Å². The third kappa shape index (κ3) is 5.07. The number of halogens is 3. The molecule has 0 fully saturated rings. The second-order valence-corrected chi connectivity index (χ2v) is 7.40. The van der Waals surface area contributed by atoms with Crippen molar-refractivity contribution in [3.63, 3.8) is 0 Å². The molecule has 4 rings (SSSR count). The average Bonchev–Trinajstić information content (AvgIpc) is 3.16. The van der Waals surface area contributed by atoms with Gasteiger partial charge in [0, 0.05) is 17.3 Å². The lowest BCUT2D eigenvalue weighted by atomic mass is 10.2.